The Morgan fingerprint density at radius 1 is 1.53 bits per heavy atom. The Bertz CT molecular complexity index is 295. The molecule has 1 fully saturated rings. The fraction of sp³-hybridized carbons (Fsp3) is 0.833. The topological polar surface area (TPSA) is 49.6 Å². The van der Waals surface area contributed by atoms with Crippen LogP contribution in [0.15, 0.2) is 0 Å². The van der Waals surface area contributed by atoms with Gasteiger partial charge in [0.25, 0.3) is 0 Å². The summed E-state index contributed by atoms with van der Waals surface area (Å²) in [7, 11) is 2.08. The number of hydrogen-bond donors (Lipinski definition) is 1. The Hall–Kier alpha value is -0.680. The standard InChI is InChI=1S/C12H23N3OS/c1-4-5-10(11(13)17)12(16)15-7-6-14(3)8-9(15)2/h9-10H,4-8H2,1-3H3,(H2,13,17). The number of nitrogens with two attached hydrogens (primary N) is 1. The molecule has 0 spiro atoms. The molecule has 2 N–H and O–H groups in total. The summed E-state index contributed by atoms with van der Waals surface area (Å²) < 4.78 is 0. The van der Waals surface area contributed by atoms with E-state index in [4.69, 9.17) is 18.0 Å². The molecule has 0 aromatic carbocycles. The maximum atomic E-state index is 12.4. The largest absolute Gasteiger partial charge is 0.393 e. The molecule has 0 saturated carbocycles. The highest BCUT2D eigenvalue weighted by atomic mass is 32.1. The van der Waals surface area contributed by atoms with E-state index in [0.717, 1.165) is 32.5 Å². The molecular weight excluding hydrogens is 234 g/mol. The molecule has 1 aliphatic rings. The lowest BCUT2D eigenvalue weighted by Crippen LogP contribution is -2.55. The van der Waals surface area contributed by atoms with E-state index >= 15 is 0 Å². The van der Waals surface area contributed by atoms with Crippen LogP contribution in [0.25, 0.3) is 0 Å². The number of nitrogens with zero attached hydrogens (tertiary/aromatic N) is 2. The Morgan fingerprint density at radius 3 is 2.65 bits per heavy atom. The van der Waals surface area contributed by atoms with Crippen molar-refractivity contribution >= 4 is 23.1 Å². The van der Waals surface area contributed by atoms with Crippen molar-refractivity contribution in [2.75, 3.05) is 26.7 Å². The number of carbonyl (C=O) groups is 1. The average Bonchev–Trinajstić information content (AvgIpc) is 2.24. The van der Waals surface area contributed by atoms with Gasteiger partial charge in [0.15, 0.2) is 0 Å². The summed E-state index contributed by atoms with van der Waals surface area (Å²) in [5, 5.41) is 0. The van der Waals surface area contributed by atoms with Crippen LogP contribution in [0.1, 0.15) is 26.7 Å². The van der Waals surface area contributed by atoms with Gasteiger partial charge in [0.05, 0.1) is 10.9 Å². The first-order chi connectivity index (χ1) is 7.97. The minimum atomic E-state index is -0.277. The molecule has 1 aliphatic heterocycles. The fourth-order valence-electron chi connectivity index (χ4n) is 2.34. The van der Waals surface area contributed by atoms with Gasteiger partial charge < -0.3 is 15.5 Å². The summed E-state index contributed by atoms with van der Waals surface area (Å²) >= 11 is 5.01. The minimum absolute atomic E-state index is 0.111. The Labute approximate surface area is 109 Å². The monoisotopic (exact) mass is 257 g/mol. The highest BCUT2D eigenvalue weighted by Crippen LogP contribution is 2.16. The third-order valence-corrected chi connectivity index (χ3v) is 3.62. The van der Waals surface area contributed by atoms with Gasteiger partial charge in [-0.1, -0.05) is 25.6 Å². The molecule has 1 amide bonds. The normalized spacial score (nSPS) is 23.5. The summed E-state index contributed by atoms with van der Waals surface area (Å²) in [4.78, 5) is 16.9. The van der Waals surface area contributed by atoms with E-state index in [9.17, 15) is 4.79 Å². The second-order valence-electron chi connectivity index (χ2n) is 4.89. The van der Waals surface area contributed by atoms with Gasteiger partial charge in [0.2, 0.25) is 5.91 Å². The molecule has 1 rings (SSSR count). The maximum Gasteiger partial charge on any atom is 0.232 e. The lowest BCUT2D eigenvalue weighted by molar-refractivity contribution is -0.137. The molecular formula is C12H23N3OS. The van der Waals surface area contributed by atoms with Gasteiger partial charge in [0.1, 0.15) is 0 Å². The molecule has 0 aromatic rings. The molecule has 2 atom stereocenters. The summed E-state index contributed by atoms with van der Waals surface area (Å²) in [5.41, 5.74) is 5.68. The number of hydrogen-bond acceptors (Lipinski definition) is 3. The average molecular weight is 257 g/mol. The van der Waals surface area contributed by atoms with Crippen LogP contribution in [0.5, 0.6) is 0 Å². The van der Waals surface area contributed by atoms with Gasteiger partial charge in [-0.25, -0.2) is 0 Å². The zero-order valence-corrected chi connectivity index (χ0v) is 11.8. The van der Waals surface area contributed by atoms with Crippen molar-refractivity contribution in [1.82, 2.24) is 9.80 Å². The number of thiocarbonyl (C=S) groups is 1. The fourth-order valence-corrected chi connectivity index (χ4v) is 2.56. The van der Waals surface area contributed by atoms with E-state index in [0.29, 0.717) is 4.99 Å². The second kappa shape index (κ2) is 6.31. The van der Waals surface area contributed by atoms with Crippen molar-refractivity contribution in [2.24, 2.45) is 11.7 Å². The van der Waals surface area contributed by atoms with Crippen molar-refractivity contribution in [2.45, 2.75) is 32.7 Å². The second-order valence-corrected chi connectivity index (χ2v) is 5.36. The van der Waals surface area contributed by atoms with Gasteiger partial charge in [0, 0.05) is 25.7 Å². The first kappa shape index (κ1) is 14.4. The highest BCUT2D eigenvalue weighted by Gasteiger charge is 2.31. The van der Waals surface area contributed by atoms with Crippen LogP contribution in [0.4, 0.5) is 0 Å². The van der Waals surface area contributed by atoms with Gasteiger partial charge in [-0.3, -0.25) is 4.79 Å². The minimum Gasteiger partial charge on any atom is -0.393 e. The van der Waals surface area contributed by atoms with Crippen LogP contribution in [0, 0.1) is 5.92 Å². The predicted octanol–water partition coefficient (Wildman–Crippen LogP) is 0.851. The number of amides is 1. The number of rotatable bonds is 4. The third-order valence-electron chi connectivity index (χ3n) is 3.33. The van der Waals surface area contributed by atoms with Crippen LogP contribution < -0.4 is 5.73 Å². The predicted molar refractivity (Wildman–Crippen MR) is 73.9 cm³/mol. The molecule has 1 saturated heterocycles. The highest BCUT2D eigenvalue weighted by molar-refractivity contribution is 7.80. The van der Waals surface area contributed by atoms with Crippen LogP contribution in [-0.4, -0.2) is 53.4 Å². The summed E-state index contributed by atoms with van der Waals surface area (Å²) in [6.07, 6.45) is 1.68. The Kier molecular flexibility index (Phi) is 5.33. The number of likely N-dealkylation sites (N-methyl/N-ethyl adjacent to an activating group) is 1. The maximum absolute atomic E-state index is 12.4. The van der Waals surface area contributed by atoms with Crippen LogP contribution in [-0.2, 0) is 4.79 Å². The molecule has 17 heavy (non-hydrogen) atoms. The molecule has 4 nitrogen and oxygen atoms in total. The van der Waals surface area contributed by atoms with Crippen molar-refractivity contribution in [3.05, 3.63) is 0 Å². The summed E-state index contributed by atoms with van der Waals surface area (Å²) in [6, 6.07) is 0.245. The molecule has 0 radical (unpaired) electrons. The zero-order valence-electron chi connectivity index (χ0n) is 11.0. The quantitative estimate of drug-likeness (QED) is 0.759. The van der Waals surface area contributed by atoms with E-state index in [2.05, 4.69) is 18.9 Å². The number of carbonyl (C=O) groups excluding carboxylic acids is 1. The van der Waals surface area contributed by atoms with Crippen LogP contribution >= 0.6 is 12.2 Å². The van der Waals surface area contributed by atoms with Crippen LogP contribution in [0.3, 0.4) is 0 Å². The molecule has 98 valence electrons. The van der Waals surface area contributed by atoms with Gasteiger partial charge in [-0.15, -0.1) is 0 Å². The smallest absolute Gasteiger partial charge is 0.232 e. The molecule has 5 heteroatoms. The van der Waals surface area contributed by atoms with Crippen molar-refractivity contribution in [3.8, 4) is 0 Å². The molecule has 0 bridgehead atoms. The summed E-state index contributed by atoms with van der Waals surface area (Å²) in [6.45, 7) is 6.75. The third kappa shape index (κ3) is 3.64. The molecule has 1 heterocycles. The van der Waals surface area contributed by atoms with E-state index in [-0.39, 0.29) is 17.9 Å². The van der Waals surface area contributed by atoms with E-state index < -0.39 is 0 Å². The zero-order chi connectivity index (χ0) is 13.0. The molecule has 2 unspecified atom stereocenters. The van der Waals surface area contributed by atoms with E-state index in [1.165, 1.54) is 0 Å². The van der Waals surface area contributed by atoms with Gasteiger partial charge in [-0.2, -0.15) is 0 Å². The van der Waals surface area contributed by atoms with Crippen molar-refractivity contribution in [3.63, 3.8) is 0 Å². The van der Waals surface area contributed by atoms with Gasteiger partial charge >= 0.3 is 0 Å². The Morgan fingerprint density at radius 2 is 2.18 bits per heavy atom. The van der Waals surface area contributed by atoms with Gasteiger partial charge in [-0.05, 0) is 20.4 Å². The van der Waals surface area contributed by atoms with Crippen molar-refractivity contribution < 1.29 is 4.79 Å². The van der Waals surface area contributed by atoms with Crippen molar-refractivity contribution in [1.29, 1.82) is 0 Å². The summed E-state index contributed by atoms with van der Waals surface area (Å²) in [5.74, 6) is -0.166. The SMILES string of the molecule is CCCC(C(=O)N1CCN(C)CC1C)C(N)=S. The first-order valence-corrected chi connectivity index (χ1v) is 6.66. The first-order valence-electron chi connectivity index (χ1n) is 6.25. The van der Waals surface area contributed by atoms with Crippen LogP contribution in [0.2, 0.25) is 0 Å². The van der Waals surface area contributed by atoms with E-state index in [1.807, 2.05) is 11.8 Å². The van der Waals surface area contributed by atoms with E-state index in [1.54, 1.807) is 0 Å². The number of piperazine rings is 1. The Balaban J connectivity index is 2.70. The molecule has 0 aromatic heterocycles. The lowest BCUT2D eigenvalue weighted by Gasteiger charge is -2.39. The molecule has 0 aliphatic carbocycles. The lowest BCUT2D eigenvalue weighted by atomic mass is 10.0.